The molecule has 0 N–H and O–H groups in total. The van der Waals surface area contributed by atoms with Gasteiger partial charge in [0, 0.05) is 25.1 Å². The highest BCUT2D eigenvalue weighted by Crippen LogP contribution is 2.24. The molecule has 2 aliphatic heterocycles. The van der Waals surface area contributed by atoms with Crippen LogP contribution >= 0.6 is 0 Å². The van der Waals surface area contributed by atoms with Gasteiger partial charge >= 0.3 is 0 Å². The van der Waals surface area contributed by atoms with E-state index in [1.54, 1.807) is 12.1 Å². The van der Waals surface area contributed by atoms with Gasteiger partial charge in [-0.25, -0.2) is 8.78 Å². The standard InChI is InChI=1S/C17H23F2NO2/c18-17(19)15-3-1-13(2-4-15)11-14-5-7-20(12-14)8-6-16-21-9-10-22-16/h1-4,14,16-17H,5-12H2/t14-/m1/s1. The maximum Gasteiger partial charge on any atom is 0.263 e. The van der Waals surface area contributed by atoms with Crippen molar-refractivity contribution in [3.63, 3.8) is 0 Å². The summed E-state index contributed by atoms with van der Waals surface area (Å²) in [5.74, 6) is 0.614. The molecule has 0 radical (unpaired) electrons. The molecule has 22 heavy (non-hydrogen) atoms. The van der Waals surface area contributed by atoms with Crippen LogP contribution in [0.15, 0.2) is 24.3 Å². The van der Waals surface area contributed by atoms with Gasteiger partial charge in [-0.2, -0.15) is 0 Å². The molecule has 2 fully saturated rings. The Morgan fingerprint density at radius 3 is 2.55 bits per heavy atom. The molecule has 0 spiro atoms. The monoisotopic (exact) mass is 311 g/mol. The molecule has 3 nitrogen and oxygen atoms in total. The van der Waals surface area contributed by atoms with E-state index in [9.17, 15) is 8.78 Å². The van der Waals surface area contributed by atoms with Crippen LogP contribution < -0.4 is 0 Å². The lowest BCUT2D eigenvalue weighted by atomic mass is 9.98. The highest BCUT2D eigenvalue weighted by Gasteiger charge is 2.24. The molecular formula is C17H23F2NO2. The van der Waals surface area contributed by atoms with Gasteiger partial charge in [0.25, 0.3) is 6.43 Å². The summed E-state index contributed by atoms with van der Waals surface area (Å²) in [5.41, 5.74) is 1.26. The van der Waals surface area contributed by atoms with Gasteiger partial charge in [0.05, 0.1) is 13.2 Å². The summed E-state index contributed by atoms with van der Waals surface area (Å²) in [7, 11) is 0. The van der Waals surface area contributed by atoms with Crippen LogP contribution in [0.3, 0.4) is 0 Å². The van der Waals surface area contributed by atoms with Crippen LogP contribution in [0.4, 0.5) is 8.78 Å². The third kappa shape index (κ3) is 4.24. The predicted octanol–water partition coefficient (Wildman–Crippen LogP) is 3.25. The maximum atomic E-state index is 12.5. The Hall–Kier alpha value is -1.04. The van der Waals surface area contributed by atoms with E-state index in [4.69, 9.17) is 9.47 Å². The van der Waals surface area contributed by atoms with Gasteiger partial charge in [-0.1, -0.05) is 24.3 Å². The Kier molecular flexibility index (Phi) is 5.39. The summed E-state index contributed by atoms with van der Waals surface area (Å²) in [5, 5.41) is 0. The fourth-order valence-corrected chi connectivity index (χ4v) is 3.28. The van der Waals surface area contributed by atoms with Crippen LogP contribution in [0, 0.1) is 5.92 Å². The molecule has 0 aliphatic carbocycles. The lowest BCUT2D eigenvalue weighted by Crippen LogP contribution is -2.26. The van der Waals surface area contributed by atoms with Gasteiger partial charge in [-0.15, -0.1) is 0 Å². The van der Waals surface area contributed by atoms with Crippen LogP contribution in [0.2, 0.25) is 0 Å². The molecule has 0 unspecified atom stereocenters. The molecule has 1 aromatic rings. The average Bonchev–Trinajstić information content (AvgIpc) is 3.17. The molecule has 1 aromatic carbocycles. The van der Waals surface area contributed by atoms with E-state index >= 15 is 0 Å². The number of nitrogens with zero attached hydrogens (tertiary/aromatic N) is 1. The van der Waals surface area contributed by atoms with Crippen molar-refractivity contribution in [1.82, 2.24) is 4.90 Å². The van der Waals surface area contributed by atoms with Crippen molar-refractivity contribution >= 4 is 0 Å². The van der Waals surface area contributed by atoms with Crippen LogP contribution in [-0.4, -0.2) is 44.0 Å². The minimum atomic E-state index is -2.38. The lowest BCUT2D eigenvalue weighted by Gasteiger charge is -2.18. The summed E-state index contributed by atoms with van der Waals surface area (Å²) in [6.45, 7) is 4.60. The molecule has 0 amide bonds. The summed E-state index contributed by atoms with van der Waals surface area (Å²) < 4.78 is 36.0. The van der Waals surface area contributed by atoms with Gasteiger partial charge in [-0.3, -0.25) is 0 Å². The van der Waals surface area contributed by atoms with Gasteiger partial charge in [-0.05, 0) is 30.9 Å². The van der Waals surface area contributed by atoms with E-state index < -0.39 is 6.43 Å². The highest BCUT2D eigenvalue weighted by atomic mass is 19.3. The van der Waals surface area contributed by atoms with Crippen LogP contribution in [0.25, 0.3) is 0 Å². The third-order valence-corrected chi connectivity index (χ3v) is 4.50. The quantitative estimate of drug-likeness (QED) is 0.805. The molecule has 2 aliphatic rings. The molecule has 5 heteroatoms. The first-order valence-corrected chi connectivity index (χ1v) is 8.03. The Morgan fingerprint density at radius 1 is 1.14 bits per heavy atom. The van der Waals surface area contributed by atoms with Crippen LogP contribution in [0.1, 0.15) is 30.4 Å². The van der Waals surface area contributed by atoms with Gasteiger partial charge < -0.3 is 14.4 Å². The first kappa shape index (κ1) is 15.8. The average molecular weight is 311 g/mol. The van der Waals surface area contributed by atoms with Crippen molar-refractivity contribution in [1.29, 1.82) is 0 Å². The maximum absolute atomic E-state index is 12.5. The number of hydrogen-bond acceptors (Lipinski definition) is 3. The Morgan fingerprint density at radius 2 is 1.86 bits per heavy atom. The van der Waals surface area contributed by atoms with Gasteiger partial charge in [0.2, 0.25) is 0 Å². The Bertz CT molecular complexity index is 460. The Balaban J connectivity index is 1.42. The topological polar surface area (TPSA) is 21.7 Å². The van der Waals surface area contributed by atoms with Crippen LogP contribution in [-0.2, 0) is 15.9 Å². The predicted molar refractivity (Wildman–Crippen MR) is 80.0 cm³/mol. The zero-order chi connectivity index (χ0) is 15.4. The van der Waals surface area contributed by atoms with Crippen molar-refractivity contribution in [2.45, 2.75) is 32.0 Å². The van der Waals surface area contributed by atoms with Crippen molar-refractivity contribution < 1.29 is 18.3 Å². The number of alkyl halides is 2. The van der Waals surface area contributed by atoms with E-state index in [-0.39, 0.29) is 11.9 Å². The number of ether oxygens (including phenoxy) is 2. The second kappa shape index (κ2) is 7.49. The highest BCUT2D eigenvalue weighted by molar-refractivity contribution is 5.23. The minimum absolute atomic E-state index is 0.0269. The summed E-state index contributed by atoms with van der Waals surface area (Å²) in [6, 6.07) is 6.76. The SMILES string of the molecule is FC(F)c1ccc(C[C@H]2CCN(CCC3OCCO3)C2)cc1. The second-order valence-electron chi connectivity index (χ2n) is 6.16. The number of likely N-dealkylation sites (tertiary alicyclic amines) is 1. The molecule has 2 saturated heterocycles. The number of halogens is 2. The first-order chi connectivity index (χ1) is 10.7. The van der Waals surface area contributed by atoms with E-state index in [2.05, 4.69) is 4.90 Å². The van der Waals surface area contributed by atoms with Crippen molar-refractivity contribution in [2.24, 2.45) is 5.92 Å². The molecular weight excluding hydrogens is 288 g/mol. The largest absolute Gasteiger partial charge is 0.350 e. The fourth-order valence-electron chi connectivity index (χ4n) is 3.28. The zero-order valence-electron chi connectivity index (χ0n) is 12.7. The summed E-state index contributed by atoms with van der Waals surface area (Å²) in [6.07, 6.45) is 0.659. The van der Waals surface area contributed by atoms with Gasteiger partial charge in [0.15, 0.2) is 6.29 Å². The molecule has 0 aromatic heterocycles. The molecule has 122 valence electrons. The lowest BCUT2D eigenvalue weighted by molar-refractivity contribution is -0.0507. The van der Waals surface area contributed by atoms with Crippen LogP contribution in [0.5, 0.6) is 0 Å². The number of rotatable bonds is 6. The molecule has 3 rings (SSSR count). The first-order valence-electron chi connectivity index (χ1n) is 8.03. The van der Waals surface area contributed by atoms with E-state index in [0.29, 0.717) is 19.1 Å². The molecule has 0 bridgehead atoms. The third-order valence-electron chi connectivity index (χ3n) is 4.50. The number of benzene rings is 1. The normalized spacial score (nSPS) is 23.7. The van der Waals surface area contributed by atoms with E-state index in [0.717, 1.165) is 38.0 Å². The molecule has 2 heterocycles. The molecule has 1 atom stereocenters. The second-order valence-corrected chi connectivity index (χ2v) is 6.16. The van der Waals surface area contributed by atoms with E-state index in [1.807, 2.05) is 12.1 Å². The summed E-state index contributed by atoms with van der Waals surface area (Å²) in [4.78, 5) is 2.45. The minimum Gasteiger partial charge on any atom is -0.350 e. The Labute approximate surface area is 130 Å². The fraction of sp³-hybridized carbons (Fsp3) is 0.647. The smallest absolute Gasteiger partial charge is 0.263 e. The van der Waals surface area contributed by atoms with Crippen molar-refractivity contribution in [3.8, 4) is 0 Å². The molecule has 0 saturated carbocycles. The number of hydrogen-bond donors (Lipinski definition) is 0. The van der Waals surface area contributed by atoms with Crippen molar-refractivity contribution in [2.75, 3.05) is 32.8 Å². The van der Waals surface area contributed by atoms with E-state index in [1.165, 1.54) is 6.42 Å². The van der Waals surface area contributed by atoms with Gasteiger partial charge in [0.1, 0.15) is 0 Å². The summed E-state index contributed by atoms with van der Waals surface area (Å²) >= 11 is 0. The van der Waals surface area contributed by atoms with Crippen molar-refractivity contribution in [3.05, 3.63) is 35.4 Å². The zero-order valence-corrected chi connectivity index (χ0v) is 12.7.